The predicted molar refractivity (Wildman–Crippen MR) is 78.0 cm³/mol. The van der Waals surface area contributed by atoms with Crippen LogP contribution in [0.3, 0.4) is 0 Å². The van der Waals surface area contributed by atoms with Gasteiger partial charge in [-0.25, -0.2) is 4.79 Å². The molecule has 1 aliphatic rings. The molecule has 1 rings (SSSR count). The Labute approximate surface area is 117 Å². The van der Waals surface area contributed by atoms with Crippen molar-refractivity contribution in [2.24, 2.45) is 17.8 Å². The van der Waals surface area contributed by atoms with Crippen LogP contribution in [-0.2, 0) is 0 Å². The quantitative estimate of drug-likeness (QED) is 0.634. The maximum absolute atomic E-state index is 11.8. The maximum atomic E-state index is 11.8. The second-order valence-electron chi connectivity index (χ2n) is 6.34. The van der Waals surface area contributed by atoms with E-state index >= 15 is 0 Å². The summed E-state index contributed by atoms with van der Waals surface area (Å²) in [6, 6.07) is 0.209. The molecule has 19 heavy (non-hydrogen) atoms. The van der Waals surface area contributed by atoms with E-state index in [0.29, 0.717) is 24.3 Å². The Morgan fingerprint density at radius 3 is 2.47 bits per heavy atom. The predicted octanol–water partition coefficient (Wildman–Crippen LogP) is 2.52. The van der Waals surface area contributed by atoms with Crippen molar-refractivity contribution < 1.29 is 9.90 Å². The molecule has 1 aliphatic carbocycles. The molecule has 1 fully saturated rings. The van der Waals surface area contributed by atoms with Gasteiger partial charge in [0.05, 0.1) is 0 Å². The maximum Gasteiger partial charge on any atom is 0.315 e. The molecule has 2 amide bonds. The van der Waals surface area contributed by atoms with Crippen LogP contribution in [0.15, 0.2) is 0 Å². The third-order valence-corrected chi connectivity index (χ3v) is 4.11. The SMILES string of the molecule is CC(C)CC(CCO)CNC(=O)NC(C)C1CCC1. The van der Waals surface area contributed by atoms with E-state index in [1.165, 1.54) is 19.3 Å². The molecular formula is C15H30N2O2. The van der Waals surface area contributed by atoms with Gasteiger partial charge in [0.2, 0.25) is 0 Å². The molecule has 0 aromatic rings. The number of urea groups is 1. The Balaban J connectivity index is 2.22. The first-order valence-electron chi connectivity index (χ1n) is 7.68. The van der Waals surface area contributed by atoms with Gasteiger partial charge in [-0.15, -0.1) is 0 Å². The van der Waals surface area contributed by atoms with Crippen LogP contribution in [0.5, 0.6) is 0 Å². The van der Waals surface area contributed by atoms with Crippen LogP contribution in [0, 0.1) is 17.8 Å². The van der Waals surface area contributed by atoms with Crippen molar-refractivity contribution in [3.63, 3.8) is 0 Å². The van der Waals surface area contributed by atoms with Crippen LogP contribution in [-0.4, -0.2) is 30.3 Å². The Kier molecular flexibility index (Phi) is 7.21. The lowest BCUT2D eigenvalue weighted by molar-refractivity contribution is 0.207. The van der Waals surface area contributed by atoms with Gasteiger partial charge >= 0.3 is 6.03 Å². The van der Waals surface area contributed by atoms with Crippen LogP contribution in [0.1, 0.15) is 52.9 Å². The molecule has 0 heterocycles. The largest absolute Gasteiger partial charge is 0.396 e. The molecule has 3 N–H and O–H groups in total. The zero-order chi connectivity index (χ0) is 14.3. The average Bonchev–Trinajstić information content (AvgIpc) is 2.22. The molecule has 0 bridgehead atoms. The van der Waals surface area contributed by atoms with E-state index in [2.05, 4.69) is 31.4 Å². The highest BCUT2D eigenvalue weighted by Gasteiger charge is 2.25. The van der Waals surface area contributed by atoms with E-state index in [9.17, 15) is 4.79 Å². The standard InChI is InChI=1S/C15H30N2O2/c1-11(2)9-13(7-8-18)10-16-15(19)17-12(3)14-5-4-6-14/h11-14,18H,4-10H2,1-3H3,(H2,16,17,19). The van der Waals surface area contributed by atoms with Gasteiger partial charge in [-0.05, 0) is 50.4 Å². The van der Waals surface area contributed by atoms with E-state index in [-0.39, 0.29) is 18.7 Å². The first kappa shape index (κ1) is 16.3. The second kappa shape index (κ2) is 8.41. The molecule has 0 aromatic carbocycles. The summed E-state index contributed by atoms with van der Waals surface area (Å²) < 4.78 is 0. The fourth-order valence-electron chi connectivity index (χ4n) is 2.71. The van der Waals surface area contributed by atoms with Crippen molar-refractivity contribution in [1.82, 2.24) is 10.6 Å². The number of aliphatic hydroxyl groups is 1. The molecule has 0 spiro atoms. The number of aliphatic hydroxyl groups excluding tert-OH is 1. The van der Waals surface area contributed by atoms with Gasteiger partial charge in [0.25, 0.3) is 0 Å². The van der Waals surface area contributed by atoms with Crippen LogP contribution in [0.2, 0.25) is 0 Å². The van der Waals surface area contributed by atoms with Crippen molar-refractivity contribution in [3.05, 3.63) is 0 Å². The minimum absolute atomic E-state index is 0.0638. The smallest absolute Gasteiger partial charge is 0.315 e. The molecule has 1 saturated carbocycles. The minimum Gasteiger partial charge on any atom is -0.396 e. The molecule has 4 heteroatoms. The third-order valence-electron chi connectivity index (χ3n) is 4.11. The molecule has 0 radical (unpaired) electrons. The number of carbonyl (C=O) groups is 1. The lowest BCUT2D eigenvalue weighted by Gasteiger charge is -2.32. The van der Waals surface area contributed by atoms with E-state index in [1.54, 1.807) is 0 Å². The van der Waals surface area contributed by atoms with E-state index in [1.807, 2.05) is 0 Å². The first-order chi connectivity index (χ1) is 9.02. The second-order valence-corrected chi connectivity index (χ2v) is 6.34. The topological polar surface area (TPSA) is 61.4 Å². The van der Waals surface area contributed by atoms with E-state index in [0.717, 1.165) is 12.8 Å². The number of carbonyl (C=O) groups excluding carboxylic acids is 1. The number of nitrogens with one attached hydrogen (secondary N) is 2. The van der Waals surface area contributed by atoms with Gasteiger partial charge < -0.3 is 15.7 Å². The zero-order valence-electron chi connectivity index (χ0n) is 12.6. The third kappa shape index (κ3) is 6.28. The number of amides is 2. The Bertz CT molecular complexity index is 265. The molecule has 0 saturated heterocycles. The van der Waals surface area contributed by atoms with Crippen molar-refractivity contribution in [1.29, 1.82) is 0 Å². The Morgan fingerprint density at radius 1 is 1.32 bits per heavy atom. The van der Waals surface area contributed by atoms with E-state index < -0.39 is 0 Å². The molecule has 112 valence electrons. The van der Waals surface area contributed by atoms with Gasteiger partial charge in [0.1, 0.15) is 0 Å². The summed E-state index contributed by atoms with van der Waals surface area (Å²) in [6.07, 6.45) is 5.57. The van der Waals surface area contributed by atoms with Gasteiger partial charge in [-0.3, -0.25) is 0 Å². The van der Waals surface area contributed by atoms with Gasteiger partial charge in [-0.2, -0.15) is 0 Å². The first-order valence-corrected chi connectivity index (χ1v) is 7.68. The highest BCUT2D eigenvalue weighted by atomic mass is 16.3. The summed E-state index contributed by atoms with van der Waals surface area (Å²) in [5, 5.41) is 15.0. The van der Waals surface area contributed by atoms with Crippen LogP contribution < -0.4 is 10.6 Å². The molecule has 0 aromatic heterocycles. The van der Waals surface area contributed by atoms with Crippen LogP contribution in [0.4, 0.5) is 4.79 Å². The summed E-state index contributed by atoms with van der Waals surface area (Å²) in [4.78, 5) is 11.8. The number of hydrogen-bond donors (Lipinski definition) is 3. The molecule has 4 nitrogen and oxygen atoms in total. The van der Waals surface area contributed by atoms with Crippen molar-refractivity contribution in [2.45, 2.75) is 58.9 Å². The van der Waals surface area contributed by atoms with Crippen molar-refractivity contribution >= 4 is 6.03 Å². The van der Waals surface area contributed by atoms with Gasteiger partial charge in [-0.1, -0.05) is 20.3 Å². The lowest BCUT2D eigenvalue weighted by atomic mass is 9.80. The van der Waals surface area contributed by atoms with Crippen molar-refractivity contribution in [3.8, 4) is 0 Å². The summed E-state index contributed by atoms with van der Waals surface area (Å²) in [7, 11) is 0. The average molecular weight is 270 g/mol. The number of rotatable bonds is 8. The normalized spacial score (nSPS) is 18.8. The number of hydrogen-bond acceptors (Lipinski definition) is 2. The lowest BCUT2D eigenvalue weighted by Crippen LogP contribution is -2.46. The highest BCUT2D eigenvalue weighted by Crippen LogP contribution is 2.29. The van der Waals surface area contributed by atoms with Crippen LogP contribution in [0.25, 0.3) is 0 Å². The van der Waals surface area contributed by atoms with Gasteiger partial charge in [0, 0.05) is 19.2 Å². The molecule has 2 atom stereocenters. The highest BCUT2D eigenvalue weighted by molar-refractivity contribution is 5.74. The van der Waals surface area contributed by atoms with Crippen molar-refractivity contribution in [2.75, 3.05) is 13.2 Å². The summed E-state index contributed by atoms with van der Waals surface area (Å²) >= 11 is 0. The Hall–Kier alpha value is -0.770. The summed E-state index contributed by atoms with van der Waals surface area (Å²) in [5.74, 6) is 1.62. The minimum atomic E-state index is -0.0638. The Morgan fingerprint density at radius 2 is 2.00 bits per heavy atom. The summed E-state index contributed by atoms with van der Waals surface area (Å²) in [6.45, 7) is 7.27. The fourth-order valence-corrected chi connectivity index (χ4v) is 2.71. The van der Waals surface area contributed by atoms with Gasteiger partial charge in [0.15, 0.2) is 0 Å². The summed E-state index contributed by atoms with van der Waals surface area (Å²) in [5.41, 5.74) is 0. The molecular weight excluding hydrogens is 240 g/mol. The molecule has 2 unspecified atom stereocenters. The monoisotopic (exact) mass is 270 g/mol. The molecule has 0 aliphatic heterocycles. The zero-order valence-corrected chi connectivity index (χ0v) is 12.6. The van der Waals surface area contributed by atoms with E-state index in [4.69, 9.17) is 5.11 Å². The fraction of sp³-hybridized carbons (Fsp3) is 0.933. The van der Waals surface area contributed by atoms with Crippen LogP contribution >= 0.6 is 0 Å².